The molecule has 11 heteroatoms. The fraction of sp³-hybridized carbons (Fsp3) is 0.429. The number of amides is 3. The van der Waals surface area contributed by atoms with E-state index in [0.717, 1.165) is 10.8 Å². The third kappa shape index (κ3) is 7.13. The second-order valence-corrected chi connectivity index (χ2v) is 14.0. The Morgan fingerprint density at radius 1 is 1.08 bits per heavy atom. The Bertz CT molecular complexity index is 1830. The Hall–Kier alpha value is -4.84. The van der Waals surface area contributed by atoms with Gasteiger partial charge in [0.25, 0.3) is 5.91 Å². The molecule has 3 aliphatic heterocycles. The van der Waals surface area contributed by atoms with Gasteiger partial charge in [-0.1, -0.05) is 79.7 Å². The van der Waals surface area contributed by atoms with Crippen molar-refractivity contribution in [3.8, 4) is 0 Å². The summed E-state index contributed by atoms with van der Waals surface area (Å²) in [6.07, 6.45) is 3.54. The van der Waals surface area contributed by atoms with Crippen molar-refractivity contribution in [2.45, 2.75) is 75.0 Å². The summed E-state index contributed by atoms with van der Waals surface area (Å²) in [6.45, 7) is 9.30. The molecule has 3 aromatic rings. The summed E-state index contributed by atoms with van der Waals surface area (Å²) in [5, 5.41) is 15.5. The van der Waals surface area contributed by atoms with Crippen molar-refractivity contribution in [1.82, 2.24) is 10.2 Å². The Morgan fingerprint density at radius 3 is 2.49 bits per heavy atom. The monoisotopic (exact) mass is 723 g/mol. The van der Waals surface area contributed by atoms with Crippen molar-refractivity contribution in [3.63, 3.8) is 0 Å². The highest BCUT2D eigenvalue weighted by Gasteiger charge is 2.75. The first kappa shape index (κ1) is 37.9. The molecule has 3 aromatic carbocycles. The number of hydrogen-bond donors (Lipinski definition) is 2. The van der Waals surface area contributed by atoms with E-state index in [-0.39, 0.29) is 38.0 Å². The minimum Gasteiger partial charge on any atom is -0.455 e. The molecule has 0 aromatic heterocycles. The van der Waals surface area contributed by atoms with Crippen LogP contribution in [0.4, 0.5) is 5.69 Å². The van der Waals surface area contributed by atoms with Gasteiger partial charge in [-0.05, 0) is 54.2 Å². The zero-order valence-electron chi connectivity index (χ0n) is 30.4. The van der Waals surface area contributed by atoms with Crippen LogP contribution in [-0.4, -0.2) is 90.4 Å². The molecule has 0 aliphatic carbocycles. The van der Waals surface area contributed by atoms with Crippen LogP contribution in [0.5, 0.6) is 0 Å². The zero-order chi connectivity index (χ0) is 37.7. The number of aliphatic hydroxyl groups excluding tert-OH is 1. The Morgan fingerprint density at radius 2 is 1.81 bits per heavy atom. The molecule has 53 heavy (non-hydrogen) atoms. The number of benzene rings is 3. The standard InChI is InChI=1S/C42H49N3O8/c1-5-8-18-34(47)43-32(26-51-4)37(28-15-10-9-11-16-28)52-41(50)35-33-21-22-42(53-33)36(35)39(48)45(30(7-3)25-46)38(42)40(49)44(23-6-2)31-20-19-27-14-12-13-17-29(27)24-31/h5-6,9-17,19-20,24,30,32-33,35-38,46H,1-2,7-8,18,21-23,25-26H2,3-4H3,(H,43,47)/t30-,32+,33+,35-,36-,37+,38+,42-/m0/s1. The average molecular weight is 724 g/mol. The van der Waals surface area contributed by atoms with E-state index in [2.05, 4.69) is 18.5 Å². The van der Waals surface area contributed by atoms with E-state index in [1.165, 1.54) is 12.0 Å². The van der Waals surface area contributed by atoms with E-state index >= 15 is 4.79 Å². The zero-order valence-corrected chi connectivity index (χ0v) is 30.4. The van der Waals surface area contributed by atoms with Crippen LogP contribution in [-0.2, 0) is 33.4 Å². The third-order valence-electron chi connectivity index (χ3n) is 10.9. The summed E-state index contributed by atoms with van der Waals surface area (Å²) in [5.74, 6) is -3.75. The van der Waals surface area contributed by atoms with Crippen molar-refractivity contribution in [2.24, 2.45) is 11.8 Å². The predicted octanol–water partition coefficient (Wildman–Crippen LogP) is 4.89. The number of carbonyl (C=O) groups is 4. The number of fused-ring (bicyclic) bond motifs is 2. The average Bonchev–Trinajstić information content (AvgIpc) is 3.83. The van der Waals surface area contributed by atoms with Gasteiger partial charge in [0.1, 0.15) is 17.7 Å². The van der Waals surface area contributed by atoms with Crippen LogP contribution in [0.2, 0.25) is 0 Å². The summed E-state index contributed by atoms with van der Waals surface area (Å²) in [6, 6.07) is 20.1. The molecule has 0 saturated carbocycles. The van der Waals surface area contributed by atoms with Crippen LogP contribution in [0, 0.1) is 11.8 Å². The molecule has 1 spiro atoms. The highest BCUT2D eigenvalue weighted by atomic mass is 16.6. The van der Waals surface area contributed by atoms with Crippen molar-refractivity contribution >= 4 is 40.2 Å². The fourth-order valence-electron chi connectivity index (χ4n) is 8.51. The summed E-state index contributed by atoms with van der Waals surface area (Å²) in [7, 11) is 1.50. The number of esters is 1. The van der Waals surface area contributed by atoms with Gasteiger partial charge in [-0.2, -0.15) is 0 Å². The fourth-order valence-corrected chi connectivity index (χ4v) is 8.51. The molecule has 3 fully saturated rings. The van der Waals surface area contributed by atoms with Crippen molar-refractivity contribution in [2.75, 3.05) is 31.8 Å². The molecule has 0 radical (unpaired) electrons. The molecule has 3 amide bonds. The van der Waals surface area contributed by atoms with E-state index in [4.69, 9.17) is 14.2 Å². The van der Waals surface area contributed by atoms with Gasteiger partial charge in [0.2, 0.25) is 11.8 Å². The van der Waals surface area contributed by atoms with Gasteiger partial charge in [-0.15, -0.1) is 13.2 Å². The maximum atomic E-state index is 15.0. The second-order valence-electron chi connectivity index (χ2n) is 14.0. The first-order chi connectivity index (χ1) is 25.7. The van der Waals surface area contributed by atoms with Crippen LogP contribution < -0.4 is 10.2 Å². The van der Waals surface area contributed by atoms with Gasteiger partial charge >= 0.3 is 5.97 Å². The molecule has 11 nitrogen and oxygen atoms in total. The minimum atomic E-state index is -1.32. The molecular formula is C42H49N3O8. The number of hydrogen-bond acceptors (Lipinski definition) is 8. The van der Waals surface area contributed by atoms with Crippen LogP contribution in [0.15, 0.2) is 98.1 Å². The lowest BCUT2D eigenvalue weighted by Gasteiger charge is -2.39. The molecule has 0 unspecified atom stereocenters. The van der Waals surface area contributed by atoms with Crippen LogP contribution in [0.1, 0.15) is 50.7 Å². The number of likely N-dealkylation sites (tertiary alicyclic amines) is 1. The molecule has 2 bridgehead atoms. The van der Waals surface area contributed by atoms with Crippen LogP contribution >= 0.6 is 0 Å². The smallest absolute Gasteiger partial charge is 0.313 e. The summed E-state index contributed by atoms with van der Waals surface area (Å²) >= 11 is 0. The largest absolute Gasteiger partial charge is 0.455 e. The second kappa shape index (κ2) is 16.4. The lowest BCUT2D eigenvalue weighted by Crippen LogP contribution is -2.59. The van der Waals surface area contributed by atoms with Gasteiger partial charge in [0.15, 0.2) is 0 Å². The minimum absolute atomic E-state index is 0.0521. The molecule has 2 N–H and O–H groups in total. The number of aliphatic hydroxyl groups is 1. The van der Waals surface area contributed by atoms with E-state index in [1.807, 2.05) is 67.6 Å². The Kier molecular flexibility index (Phi) is 11.8. The normalized spacial score (nSPS) is 24.7. The first-order valence-electron chi connectivity index (χ1n) is 18.4. The Labute approximate surface area is 310 Å². The van der Waals surface area contributed by atoms with Gasteiger partial charge in [0.05, 0.1) is 43.2 Å². The molecule has 8 atom stereocenters. The SMILES string of the molecule is C=CCCC(=O)N[C@H](COC)[C@H](OC(=O)[C@@H]1[C@H]2C(=O)N([C@@H](CC)CO)[C@H](C(=O)N(CC=C)c3ccc4ccccc4c3)[C@]23CC[C@H]1O3)c1ccccc1. The van der Waals surface area contributed by atoms with Crippen LogP contribution in [0.3, 0.4) is 0 Å². The highest BCUT2D eigenvalue weighted by Crippen LogP contribution is 2.59. The van der Waals surface area contributed by atoms with Crippen molar-refractivity contribution < 1.29 is 38.5 Å². The number of ether oxygens (including phenoxy) is 3. The molecule has 3 heterocycles. The maximum absolute atomic E-state index is 15.0. The van der Waals surface area contributed by atoms with Crippen molar-refractivity contribution in [1.29, 1.82) is 0 Å². The number of nitrogens with zero attached hydrogens (tertiary/aromatic N) is 2. The maximum Gasteiger partial charge on any atom is 0.313 e. The van der Waals surface area contributed by atoms with E-state index in [9.17, 15) is 19.5 Å². The molecule has 3 saturated heterocycles. The molecule has 6 rings (SSSR count). The number of methoxy groups -OCH3 is 1. The van der Waals surface area contributed by atoms with Gasteiger partial charge in [-0.3, -0.25) is 19.2 Å². The quantitative estimate of drug-likeness (QED) is 0.149. The van der Waals surface area contributed by atoms with E-state index in [1.54, 1.807) is 29.2 Å². The lowest BCUT2D eigenvalue weighted by atomic mass is 9.70. The summed E-state index contributed by atoms with van der Waals surface area (Å²) in [5.41, 5.74) is -0.0552. The topological polar surface area (TPSA) is 135 Å². The number of allylic oxidation sites excluding steroid dienone is 1. The third-order valence-corrected chi connectivity index (χ3v) is 10.9. The van der Waals surface area contributed by atoms with Crippen molar-refractivity contribution in [3.05, 3.63) is 104 Å². The summed E-state index contributed by atoms with van der Waals surface area (Å²) < 4.78 is 18.5. The van der Waals surface area contributed by atoms with E-state index in [0.29, 0.717) is 36.9 Å². The lowest BCUT2D eigenvalue weighted by molar-refractivity contribution is -0.163. The van der Waals surface area contributed by atoms with Gasteiger partial charge < -0.3 is 34.4 Å². The van der Waals surface area contributed by atoms with Gasteiger partial charge in [-0.25, -0.2) is 0 Å². The molecule has 3 aliphatic rings. The molecular weight excluding hydrogens is 674 g/mol. The molecule has 280 valence electrons. The number of rotatable bonds is 17. The Balaban J connectivity index is 1.36. The first-order valence-corrected chi connectivity index (χ1v) is 18.4. The van der Waals surface area contributed by atoms with E-state index < -0.39 is 59.6 Å². The number of carbonyl (C=O) groups excluding carboxylic acids is 4. The summed E-state index contributed by atoms with van der Waals surface area (Å²) in [4.78, 5) is 60.3. The number of anilines is 1. The van der Waals surface area contributed by atoms with Gasteiger partial charge in [0, 0.05) is 25.8 Å². The van der Waals surface area contributed by atoms with Crippen LogP contribution in [0.25, 0.3) is 10.8 Å². The number of nitrogens with one attached hydrogen (secondary N) is 1. The highest BCUT2D eigenvalue weighted by molar-refractivity contribution is 6.05. The predicted molar refractivity (Wildman–Crippen MR) is 201 cm³/mol.